The molecule has 0 unspecified atom stereocenters. The van der Waals surface area contributed by atoms with Crippen LogP contribution in [0.25, 0.3) is 0 Å². The van der Waals surface area contributed by atoms with Crippen molar-refractivity contribution in [1.82, 2.24) is 4.42 Å². The van der Waals surface area contributed by atoms with Crippen LogP contribution in [-0.2, 0) is 19.4 Å². The van der Waals surface area contributed by atoms with E-state index in [0.717, 1.165) is 68.1 Å². The van der Waals surface area contributed by atoms with Gasteiger partial charge in [0.05, 0.1) is 27.4 Å². The normalized spacial score (nSPS) is 16.4. The fourth-order valence-corrected chi connectivity index (χ4v) is 4.63. The van der Waals surface area contributed by atoms with E-state index < -0.39 is 0 Å². The fourth-order valence-electron chi connectivity index (χ4n) is 4.42. The molecule has 1 atom stereocenters. The van der Waals surface area contributed by atoms with Gasteiger partial charge in [0.15, 0.2) is 23.0 Å². The number of halogens is 1. The van der Waals surface area contributed by atoms with Gasteiger partial charge in [0.1, 0.15) is 0 Å². The fraction of sp³-hybridized carbons (Fsp3) is 0.571. The van der Waals surface area contributed by atoms with E-state index in [4.69, 9.17) is 30.7 Å². The lowest BCUT2D eigenvalue weighted by molar-refractivity contribution is 0.286. The molecule has 0 N–H and O–H groups in total. The Balaban J connectivity index is 1.98. The largest absolute Gasteiger partial charge is 0.493 e. The van der Waals surface area contributed by atoms with Crippen molar-refractivity contribution >= 4 is 11.8 Å². The molecule has 5 nitrogen and oxygen atoms in total. The number of benzene rings is 2. The van der Waals surface area contributed by atoms with Crippen molar-refractivity contribution in [2.24, 2.45) is 0 Å². The number of hydrogen-bond donors (Lipinski definition) is 0. The topological polar surface area (TPSA) is 40.2 Å². The molecule has 1 aliphatic rings. The third-order valence-electron chi connectivity index (χ3n) is 6.44. The summed E-state index contributed by atoms with van der Waals surface area (Å²) in [5.41, 5.74) is 4.96. The van der Waals surface area contributed by atoms with E-state index >= 15 is 0 Å². The molecule has 0 fully saturated rings. The van der Waals surface area contributed by atoms with E-state index in [1.807, 2.05) is 4.42 Å². The Bertz CT molecular complexity index is 933. The van der Waals surface area contributed by atoms with Crippen LogP contribution in [0.4, 0.5) is 0 Å². The second-order valence-corrected chi connectivity index (χ2v) is 9.56. The van der Waals surface area contributed by atoms with Crippen molar-refractivity contribution in [2.75, 3.05) is 34.0 Å². The molecule has 0 aromatic heterocycles. The monoisotopic (exact) mass is 489 g/mol. The molecule has 6 heteroatoms. The first-order valence-corrected chi connectivity index (χ1v) is 12.9. The molecule has 2 aromatic carbocycles. The maximum absolute atomic E-state index is 6.70. The van der Waals surface area contributed by atoms with Crippen LogP contribution in [0.5, 0.6) is 23.0 Å². The van der Waals surface area contributed by atoms with Crippen molar-refractivity contribution in [3.05, 3.63) is 46.5 Å². The van der Waals surface area contributed by atoms with E-state index in [0.29, 0.717) is 25.7 Å². The van der Waals surface area contributed by atoms with Crippen molar-refractivity contribution in [3.63, 3.8) is 0 Å². The molecule has 0 amide bonds. The van der Waals surface area contributed by atoms with Gasteiger partial charge in [0.25, 0.3) is 0 Å². The van der Waals surface area contributed by atoms with Crippen LogP contribution in [-0.4, -0.2) is 38.4 Å². The van der Waals surface area contributed by atoms with E-state index in [1.165, 1.54) is 22.3 Å². The minimum Gasteiger partial charge on any atom is -0.493 e. The predicted octanol–water partition coefficient (Wildman–Crippen LogP) is 6.92. The average molecular weight is 490 g/mol. The molecule has 0 saturated heterocycles. The smallest absolute Gasteiger partial charge is 0.161 e. The number of nitrogens with zero attached hydrogens (tertiary/aromatic N) is 1. The van der Waals surface area contributed by atoms with E-state index in [-0.39, 0.29) is 0 Å². The Hall–Kier alpha value is -2.11. The van der Waals surface area contributed by atoms with Crippen LogP contribution >= 0.6 is 11.8 Å². The molecule has 0 spiro atoms. The van der Waals surface area contributed by atoms with Crippen LogP contribution in [0.15, 0.2) is 24.3 Å². The highest BCUT2D eigenvalue weighted by Crippen LogP contribution is 2.39. The summed E-state index contributed by atoms with van der Waals surface area (Å²) in [6.07, 6.45) is 5.95. The predicted molar refractivity (Wildman–Crippen MR) is 139 cm³/mol. The van der Waals surface area contributed by atoms with Crippen molar-refractivity contribution in [1.29, 1.82) is 0 Å². The lowest BCUT2D eigenvalue weighted by Crippen LogP contribution is -2.20. The van der Waals surface area contributed by atoms with Gasteiger partial charge in [-0.25, -0.2) is 4.42 Å². The van der Waals surface area contributed by atoms with Crippen LogP contribution in [0.2, 0.25) is 0 Å². The van der Waals surface area contributed by atoms with Gasteiger partial charge in [-0.1, -0.05) is 33.6 Å². The summed E-state index contributed by atoms with van der Waals surface area (Å²) in [6, 6.07) is 8.54. The number of hydrogen-bond acceptors (Lipinski definition) is 5. The first kappa shape index (κ1) is 26.5. The lowest BCUT2D eigenvalue weighted by Gasteiger charge is -2.26. The summed E-state index contributed by atoms with van der Waals surface area (Å²) < 4.78 is 25.4. The number of ether oxygens (including phenoxy) is 4. The molecule has 188 valence electrons. The van der Waals surface area contributed by atoms with Crippen molar-refractivity contribution in [3.8, 4) is 23.0 Å². The van der Waals surface area contributed by atoms with Gasteiger partial charge in [-0.2, -0.15) is 0 Å². The quantitative estimate of drug-likeness (QED) is 0.267. The third kappa shape index (κ3) is 6.73. The van der Waals surface area contributed by atoms with Crippen molar-refractivity contribution < 1.29 is 18.9 Å². The van der Waals surface area contributed by atoms with Gasteiger partial charge in [-0.15, -0.1) is 0 Å². The number of unbranched alkanes of at least 4 members (excludes halogenated alkanes) is 2. The zero-order valence-electron chi connectivity index (χ0n) is 21.4. The Labute approximate surface area is 210 Å². The SMILES string of the molecule is CCCCOc1cc2c(cc1OC)C[C@@H](C)c1cc(OCCCC)c(OC)cc1CCN(Cl)C2. The summed E-state index contributed by atoms with van der Waals surface area (Å²) in [7, 11) is 3.40. The van der Waals surface area contributed by atoms with Crippen LogP contribution in [0.3, 0.4) is 0 Å². The number of methoxy groups -OCH3 is 2. The first-order chi connectivity index (χ1) is 16.5. The molecule has 0 saturated carbocycles. The highest BCUT2D eigenvalue weighted by atomic mass is 35.5. The zero-order chi connectivity index (χ0) is 24.5. The Morgan fingerprint density at radius 2 is 1.38 bits per heavy atom. The maximum atomic E-state index is 6.70. The second-order valence-electron chi connectivity index (χ2n) is 9.08. The van der Waals surface area contributed by atoms with E-state index in [9.17, 15) is 0 Å². The number of rotatable bonds is 10. The summed E-state index contributed by atoms with van der Waals surface area (Å²) in [5, 5.41) is 0. The van der Waals surface area contributed by atoms with Crippen LogP contribution < -0.4 is 18.9 Å². The highest BCUT2D eigenvalue weighted by Gasteiger charge is 2.22. The molecule has 3 rings (SSSR count). The van der Waals surface area contributed by atoms with E-state index in [1.54, 1.807) is 14.2 Å². The summed E-state index contributed by atoms with van der Waals surface area (Å²) in [4.78, 5) is 0. The summed E-state index contributed by atoms with van der Waals surface area (Å²) >= 11 is 6.70. The second kappa shape index (κ2) is 13.1. The van der Waals surface area contributed by atoms with Gasteiger partial charge in [0, 0.05) is 13.1 Å². The van der Waals surface area contributed by atoms with E-state index in [2.05, 4.69) is 45.0 Å². The minimum atomic E-state index is 0.298. The highest BCUT2D eigenvalue weighted by molar-refractivity contribution is 6.13. The number of fused-ring (bicyclic) bond motifs is 2. The third-order valence-corrected chi connectivity index (χ3v) is 6.73. The van der Waals surface area contributed by atoms with Crippen LogP contribution in [0, 0.1) is 0 Å². The Morgan fingerprint density at radius 1 is 0.824 bits per heavy atom. The van der Waals surface area contributed by atoms with Crippen molar-refractivity contribution in [2.45, 2.75) is 71.8 Å². The molecule has 0 radical (unpaired) electrons. The molecule has 0 aliphatic carbocycles. The first-order valence-electron chi connectivity index (χ1n) is 12.6. The van der Waals surface area contributed by atoms with Gasteiger partial charge < -0.3 is 18.9 Å². The maximum Gasteiger partial charge on any atom is 0.161 e. The zero-order valence-corrected chi connectivity index (χ0v) is 22.2. The van der Waals surface area contributed by atoms with Gasteiger partial charge in [0.2, 0.25) is 0 Å². The van der Waals surface area contributed by atoms with Gasteiger partial charge >= 0.3 is 0 Å². The summed E-state index contributed by atoms with van der Waals surface area (Å²) in [5.74, 6) is 3.47. The molecule has 1 heterocycles. The molecule has 34 heavy (non-hydrogen) atoms. The minimum absolute atomic E-state index is 0.298. The van der Waals surface area contributed by atoms with Crippen LogP contribution in [0.1, 0.15) is 74.6 Å². The molecule has 2 aromatic rings. The lowest BCUT2D eigenvalue weighted by atomic mass is 9.86. The average Bonchev–Trinajstić information content (AvgIpc) is 2.83. The summed E-state index contributed by atoms with van der Waals surface area (Å²) in [6.45, 7) is 9.37. The Kier molecular flexibility index (Phi) is 10.2. The van der Waals surface area contributed by atoms with Gasteiger partial charge in [-0.3, -0.25) is 0 Å². The standard InChI is InChI=1S/C28H40ClNO4/c1-6-8-12-33-27-17-23-19-30(29)11-10-21-15-25(31-4)28(34-13-9-7-2)18-24(21)20(3)14-22(23)16-26(27)32-5/h15-18,20H,6-14,19H2,1-5H3/t20-/m1/s1. The molecular weight excluding hydrogens is 450 g/mol. The van der Waals surface area contributed by atoms with Gasteiger partial charge in [-0.05, 0) is 89.9 Å². The molecule has 0 bridgehead atoms. The molecular formula is C28H40ClNO4. The molecule has 1 aliphatic heterocycles. The Morgan fingerprint density at radius 3 is 1.97 bits per heavy atom.